The summed E-state index contributed by atoms with van der Waals surface area (Å²) in [5, 5.41) is 12.9. The molecule has 1 fully saturated rings. The minimum Gasteiger partial charge on any atom is -0.495 e. The van der Waals surface area contributed by atoms with Gasteiger partial charge >= 0.3 is 0 Å². The number of nitrogen functional groups attached to an aromatic ring is 1. The third-order valence-electron chi connectivity index (χ3n) is 5.56. The summed E-state index contributed by atoms with van der Waals surface area (Å²) in [6.07, 6.45) is 1.60. The van der Waals surface area contributed by atoms with Crippen molar-refractivity contribution in [3.05, 3.63) is 47.0 Å². The highest BCUT2D eigenvalue weighted by Crippen LogP contribution is 2.33. The maximum Gasteiger partial charge on any atom is 0.244 e. The number of aromatic nitrogens is 3. The van der Waals surface area contributed by atoms with Crippen LogP contribution in [0.1, 0.15) is 12.6 Å². The first-order chi connectivity index (χ1) is 15.3. The summed E-state index contributed by atoms with van der Waals surface area (Å²) >= 11 is 6.00. The van der Waals surface area contributed by atoms with Crippen LogP contribution in [0.15, 0.2) is 30.5 Å². The topological polar surface area (TPSA) is 113 Å². The lowest BCUT2D eigenvalue weighted by atomic mass is 10.1. The molecule has 32 heavy (non-hydrogen) atoms. The van der Waals surface area contributed by atoms with Gasteiger partial charge in [-0.05, 0) is 25.1 Å². The van der Waals surface area contributed by atoms with Crippen molar-refractivity contribution in [3.8, 4) is 5.75 Å². The molecule has 0 unspecified atom stereocenters. The standard InChI is InChI=1S/C21H23ClFN7O2/c1-12-10-28(16-9-17(32-2)14(22)8-15(16)23)6-7-29(12)18(31)11-30-21-13(4-3-5-26-21)19(27-30)20(24)25/h3-5,8-9,12H,6-7,10-11H2,1-2H3,(H3,24,25)/t12-/m0/s1. The monoisotopic (exact) mass is 459 g/mol. The Morgan fingerprint density at radius 3 is 2.88 bits per heavy atom. The number of carbonyl (C=O) groups excluding carboxylic acids is 1. The van der Waals surface area contributed by atoms with Gasteiger partial charge in [-0.25, -0.2) is 14.1 Å². The van der Waals surface area contributed by atoms with Crippen molar-refractivity contribution in [1.29, 1.82) is 5.41 Å². The van der Waals surface area contributed by atoms with E-state index in [9.17, 15) is 9.18 Å². The number of hydrogen-bond donors (Lipinski definition) is 2. The van der Waals surface area contributed by atoms with Crippen LogP contribution in [-0.2, 0) is 11.3 Å². The SMILES string of the molecule is COc1cc(N2CCN(C(=O)Cn3nc(C(=N)N)c4cccnc43)[C@@H](C)C2)c(F)cc1Cl. The van der Waals surface area contributed by atoms with Crippen molar-refractivity contribution in [2.75, 3.05) is 31.6 Å². The summed E-state index contributed by atoms with van der Waals surface area (Å²) in [5.41, 5.74) is 6.81. The van der Waals surface area contributed by atoms with Crippen LogP contribution in [0.25, 0.3) is 11.0 Å². The van der Waals surface area contributed by atoms with Gasteiger partial charge in [-0.1, -0.05) is 11.6 Å². The zero-order valence-electron chi connectivity index (χ0n) is 17.7. The van der Waals surface area contributed by atoms with Crippen molar-refractivity contribution >= 4 is 40.1 Å². The number of rotatable bonds is 5. The molecule has 0 bridgehead atoms. The van der Waals surface area contributed by atoms with E-state index in [4.69, 9.17) is 27.5 Å². The average Bonchev–Trinajstić information content (AvgIpc) is 3.12. The first-order valence-corrected chi connectivity index (χ1v) is 10.4. The molecule has 1 aromatic carbocycles. The molecule has 1 atom stereocenters. The van der Waals surface area contributed by atoms with Gasteiger partial charge in [0, 0.05) is 37.9 Å². The number of pyridine rings is 1. The Bertz CT molecular complexity index is 1200. The van der Waals surface area contributed by atoms with Crippen molar-refractivity contribution < 1.29 is 13.9 Å². The lowest BCUT2D eigenvalue weighted by molar-refractivity contribution is -0.134. The van der Waals surface area contributed by atoms with Gasteiger partial charge in [-0.2, -0.15) is 5.10 Å². The van der Waals surface area contributed by atoms with E-state index >= 15 is 0 Å². The van der Waals surface area contributed by atoms with Gasteiger partial charge in [0.1, 0.15) is 29.6 Å². The molecule has 4 rings (SSSR count). The van der Waals surface area contributed by atoms with Crippen LogP contribution in [0, 0.1) is 11.2 Å². The fourth-order valence-electron chi connectivity index (χ4n) is 4.00. The summed E-state index contributed by atoms with van der Waals surface area (Å²) in [4.78, 5) is 21.0. The summed E-state index contributed by atoms with van der Waals surface area (Å²) in [6.45, 7) is 3.19. The molecule has 2 aromatic heterocycles. The number of amides is 1. The maximum atomic E-state index is 14.5. The second-order valence-electron chi connectivity index (χ2n) is 7.61. The van der Waals surface area contributed by atoms with E-state index in [0.717, 1.165) is 0 Å². The number of carbonyl (C=O) groups is 1. The molecule has 1 aliphatic heterocycles. The first kappa shape index (κ1) is 21.8. The number of halogens is 2. The van der Waals surface area contributed by atoms with Gasteiger partial charge in [0.05, 0.1) is 23.2 Å². The van der Waals surface area contributed by atoms with E-state index in [0.29, 0.717) is 47.8 Å². The molecular formula is C21H23ClFN7O2. The number of piperazine rings is 1. The zero-order chi connectivity index (χ0) is 23.0. The van der Waals surface area contributed by atoms with E-state index < -0.39 is 5.82 Å². The molecule has 0 saturated carbocycles. The lowest BCUT2D eigenvalue weighted by Crippen LogP contribution is -2.55. The number of benzene rings is 1. The molecule has 0 spiro atoms. The van der Waals surface area contributed by atoms with E-state index in [1.54, 1.807) is 29.3 Å². The molecule has 3 heterocycles. The number of amidine groups is 1. The van der Waals surface area contributed by atoms with E-state index in [1.165, 1.54) is 17.9 Å². The molecule has 9 nitrogen and oxygen atoms in total. The normalized spacial score (nSPS) is 16.4. The fraction of sp³-hybridized carbons (Fsp3) is 0.333. The van der Waals surface area contributed by atoms with Crippen LogP contribution in [0.5, 0.6) is 5.75 Å². The largest absolute Gasteiger partial charge is 0.495 e. The number of nitrogens with one attached hydrogen (secondary N) is 1. The van der Waals surface area contributed by atoms with Crippen LogP contribution in [0.2, 0.25) is 5.02 Å². The summed E-state index contributed by atoms with van der Waals surface area (Å²) in [7, 11) is 1.48. The number of ether oxygens (including phenoxy) is 1. The average molecular weight is 460 g/mol. The Hall–Kier alpha value is -3.40. The third kappa shape index (κ3) is 3.93. The van der Waals surface area contributed by atoms with Crippen LogP contribution in [0.4, 0.5) is 10.1 Å². The molecule has 1 saturated heterocycles. The Morgan fingerprint density at radius 2 is 2.19 bits per heavy atom. The molecular weight excluding hydrogens is 437 g/mol. The predicted octanol–water partition coefficient (Wildman–Crippen LogP) is 2.25. The minimum atomic E-state index is -0.436. The van der Waals surface area contributed by atoms with E-state index in [-0.39, 0.29) is 29.4 Å². The van der Waals surface area contributed by atoms with Crippen LogP contribution < -0.4 is 15.4 Å². The molecule has 0 aliphatic carbocycles. The Balaban J connectivity index is 1.51. The number of fused-ring (bicyclic) bond motifs is 1. The van der Waals surface area contributed by atoms with Gasteiger partial charge in [0.25, 0.3) is 0 Å². The minimum absolute atomic E-state index is 0.0335. The highest BCUT2D eigenvalue weighted by molar-refractivity contribution is 6.32. The second kappa shape index (κ2) is 8.62. The molecule has 11 heteroatoms. The third-order valence-corrected chi connectivity index (χ3v) is 5.85. The highest BCUT2D eigenvalue weighted by atomic mass is 35.5. The predicted molar refractivity (Wildman–Crippen MR) is 120 cm³/mol. The number of methoxy groups -OCH3 is 1. The van der Waals surface area contributed by atoms with Crippen LogP contribution in [-0.4, -0.2) is 64.2 Å². The molecule has 0 radical (unpaired) electrons. The molecule has 3 aromatic rings. The van der Waals surface area contributed by atoms with Crippen molar-refractivity contribution in [3.63, 3.8) is 0 Å². The number of anilines is 1. The molecule has 168 valence electrons. The summed E-state index contributed by atoms with van der Waals surface area (Å²) < 4.78 is 21.2. The highest BCUT2D eigenvalue weighted by Gasteiger charge is 2.30. The van der Waals surface area contributed by atoms with Gasteiger partial charge < -0.3 is 20.3 Å². The smallest absolute Gasteiger partial charge is 0.244 e. The summed E-state index contributed by atoms with van der Waals surface area (Å²) in [6, 6.07) is 6.14. The molecule has 1 amide bonds. The van der Waals surface area contributed by atoms with Crippen molar-refractivity contribution in [2.24, 2.45) is 5.73 Å². The quantitative estimate of drug-likeness (QED) is 0.447. The van der Waals surface area contributed by atoms with Crippen molar-refractivity contribution in [2.45, 2.75) is 19.5 Å². The maximum absolute atomic E-state index is 14.5. The molecule has 1 aliphatic rings. The Labute approximate surface area is 189 Å². The zero-order valence-corrected chi connectivity index (χ0v) is 18.4. The van der Waals surface area contributed by atoms with Gasteiger partial charge in [-0.3, -0.25) is 10.2 Å². The first-order valence-electron chi connectivity index (χ1n) is 10.0. The van der Waals surface area contributed by atoms with Crippen LogP contribution >= 0.6 is 11.6 Å². The fourth-order valence-corrected chi connectivity index (χ4v) is 4.23. The van der Waals surface area contributed by atoms with Gasteiger partial charge in [0.2, 0.25) is 5.91 Å². The van der Waals surface area contributed by atoms with E-state index in [2.05, 4.69) is 10.1 Å². The number of nitrogens with zero attached hydrogens (tertiary/aromatic N) is 5. The lowest BCUT2D eigenvalue weighted by Gasteiger charge is -2.41. The van der Waals surface area contributed by atoms with Crippen molar-refractivity contribution in [1.82, 2.24) is 19.7 Å². The second-order valence-corrected chi connectivity index (χ2v) is 8.02. The Kier molecular flexibility index (Phi) is 5.88. The Morgan fingerprint density at radius 1 is 1.41 bits per heavy atom. The van der Waals surface area contributed by atoms with Gasteiger partial charge in [0.15, 0.2) is 5.65 Å². The summed E-state index contributed by atoms with van der Waals surface area (Å²) in [5.74, 6) is -0.366. The van der Waals surface area contributed by atoms with Gasteiger partial charge in [-0.15, -0.1) is 0 Å². The number of hydrogen-bond acceptors (Lipinski definition) is 6. The molecule has 3 N–H and O–H groups in total. The van der Waals surface area contributed by atoms with Crippen LogP contribution in [0.3, 0.4) is 0 Å². The number of nitrogens with two attached hydrogens (primary N) is 1. The van der Waals surface area contributed by atoms with E-state index in [1.807, 2.05) is 11.8 Å².